The van der Waals surface area contributed by atoms with E-state index in [0.717, 1.165) is 0 Å². The van der Waals surface area contributed by atoms with Gasteiger partial charge in [0.2, 0.25) is 0 Å². The summed E-state index contributed by atoms with van der Waals surface area (Å²) in [6.45, 7) is 0. The molecule has 6 heteroatoms. The van der Waals surface area contributed by atoms with E-state index in [0.29, 0.717) is 0 Å². The first kappa shape index (κ1) is 11.0. The van der Waals surface area contributed by atoms with Crippen LogP contribution in [0.1, 0.15) is 0 Å². The molecule has 0 saturated carbocycles. The Morgan fingerprint density at radius 2 is 1.50 bits per heavy atom. The molecule has 0 radical (unpaired) electrons. The Bertz CT molecular complexity index is 94.0. The Balaban J connectivity index is 0. The van der Waals surface area contributed by atoms with Gasteiger partial charge in [-0.15, -0.1) is 0 Å². The Morgan fingerprint density at radius 1 is 1.50 bits per heavy atom. The third kappa shape index (κ3) is 36.3. The standard InChI is InChI=1S/Cr.K.HO3S.H/c;;1-4(2)3;/h;;(H,1,2,3);. The molecule has 0 heterocycles. The third-order valence-corrected chi connectivity index (χ3v) is 0. The van der Waals surface area contributed by atoms with Gasteiger partial charge in [0.25, 0.3) is 0 Å². The summed E-state index contributed by atoms with van der Waals surface area (Å²) < 4.78 is 25.7. The number of hydrogen-bond acceptors (Lipinski definition) is 2. The fourth-order valence-electron chi connectivity index (χ4n) is 0. The van der Waals surface area contributed by atoms with E-state index in [4.69, 9.17) is 13.0 Å². The molecule has 0 aliphatic rings. The summed E-state index contributed by atoms with van der Waals surface area (Å²) >= 11 is 1.51. The fourth-order valence-corrected chi connectivity index (χ4v) is 0. The zero-order chi connectivity index (χ0) is 4.50. The van der Waals surface area contributed by atoms with Gasteiger partial charge in [0, 0.05) is 0 Å². The molecule has 1 N–H and O–H groups in total. The van der Waals surface area contributed by atoms with Crippen LogP contribution in [0.2, 0.25) is 0 Å². The Labute approximate surface area is 86.1 Å². The van der Waals surface area contributed by atoms with Crippen LogP contribution in [0.3, 0.4) is 0 Å². The zero-order valence-electron chi connectivity index (χ0n) is 2.08. The second kappa shape index (κ2) is 4.01. The molecule has 0 aromatic carbocycles. The van der Waals surface area contributed by atoms with E-state index in [1.54, 1.807) is 0 Å². The molecule has 0 aliphatic carbocycles. The summed E-state index contributed by atoms with van der Waals surface area (Å²) in [5, 5.41) is 0. The molecule has 0 aromatic heterocycles. The molecule has 0 spiro atoms. The van der Waals surface area contributed by atoms with Gasteiger partial charge in [-0.25, -0.2) is 0 Å². The molecular weight excluding hydrogens is 171 g/mol. The van der Waals surface area contributed by atoms with E-state index in [1.807, 2.05) is 0 Å². The summed E-state index contributed by atoms with van der Waals surface area (Å²) in [4.78, 5) is 0. The van der Waals surface area contributed by atoms with E-state index >= 15 is 0 Å². The number of hydrogen-bond donors (Lipinski definition) is 1. The Hall–Kier alpha value is 2.08. The van der Waals surface area contributed by atoms with Gasteiger partial charge in [0.15, 0.2) is 0 Å². The van der Waals surface area contributed by atoms with Gasteiger partial charge >= 0.3 is 88.0 Å². The molecule has 0 atom stereocenters. The van der Waals surface area contributed by atoms with Crippen LogP contribution in [0.25, 0.3) is 0 Å². The van der Waals surface area contributed by atoms with Gasteiger partial charge in [0.05, 0.1) is 0 Å². The van der Waals surface area contributed by atoms with Crippen LogP contribution in [-0.2, 0) is 23.6 Å². The summed E-state index contributed by atoms with van der Waals surface area (Å²) in [5.41, 5.74) is 0. The van der Waals surface area contributed by atoms with Gasteiger partial charge in [-0.05, 0) is 0 Å². The SMILES string of the molecule is O=[S](=O)(O)[Cr].[KH]. The van der Waals surface area contributed by atoms with Crippen LogP contribution in [0.15, 0.2) is 0 Å². The van der Waals surface area contributed by atoms with Crippen molar-refractivity contribution < 1.29 is 28.1 Å². The second-order valence-corrected chi connectivity index (χ2v) is 3.26. The molecule has 6 heavy (non-hydrogen) atoms. The molecule has 0 aromatic rings. The van der Waals surface area contributed by atoms with Crippen LogP contribution < -0.4 is 0 Å². The van der Waals surface area contributed by atoms with Gasteiger partial charge in [0.1, 0.15) is 0 Å². The average molecular weight is 173 g/mol. The second-order valence-electron chi connectivity index (χ2n) is 0.428. The zero-order valence-corrected chi connectivity index (χ0v) is 4.17. The van der Waals surface area contributed by atoms with E-state index in [2.05, 4.69) is 0 Å². The van der Waals surface area contributed by atoms with Gasteiger partial charge in [-0.1, -0.05) is 0 Å². The molecule has 33 valence electrons. The quantitative estimate of drug-likeness (QED) is 0.365. The molecule has 0 aliphatic heterocycles. The van der Waals surface area contributed by atoms with Crippen molar-refractivity contribution in [2.75, 3.05) is 0 Å². The van der Waals surface area contributed by atoms with E-state index in [-0.39, 0.29) is 51.4 Å². The predicted octanol–water partition coefficient (Wildman–Crippen LogP) is -1.31. The van der Waals surface area contributed by atoms with Crippen LogP contribution in [-0.4, -0.2) is 64.4 Å². The van der Waals surface area contributed by atoms with E-state index in [9.17, 15) is 0 Å². The minimum absolute atomic E-state index is 0. The minimum atomic E-state index is -3.79. The first-order valence-electron chi connectivity index (χ1n) is 0.683. The summed E-state index contributed by atoms with van der Waals surface area (Å²) in [5.74, 6) is 0. The van der Waals surface area contributed by atoms with Gasteiger partial charge in [-0.2, -0.15) is 0 Å². The molecule has 3 nitrogen and oxygen atoms in total. The van der Waals surface area contributed by atoms with Crippen molar-refractivity contribution in [3.63, 3.8) is 0 Å². The van der Waals surface area contributed by atoms with Crippen LogP contribution in [0.4, 0.5) is 0 Å². The summed E-state index contributed by atoms with van der Waals surface area (Å²) in [6, 6.07) is 0. The first-order chi connectivity index (χ1) is 2.00. The third-order valence-electron chi connectivity index (χ3n) is 0. The molecule has 0 rings (SSSR count). The molecule has 0 unspecified atom stereocenters. The molecule has 0 bridgehead atoms. The number of rotatable bonds is 0. The molecule has 0 saturated heterocycles. The van der Waals surface area contributed by atoms with Crippen molar-refractivity contribution in [2.24, 2.45) is 0 Å². The summed E-state index contributed by atoms with van der Waals surface area (Å²) in [7, 11) is -3.79. The predicted molar refractivity (Wildman–Crippen MR) is 18.7 cm³/mol. The van der Waals surface area contributed by atoms with Crippen LogP contribution >= 0.6 is 0 Å². The maximum absolute atomic E-state index is 9.13. The maximum atomic E-state index is 9.13. The van der Waals surface area contributed by atoms with Crippen molar-refractivity contribution in [1.82, 2.24) is 0 Å². The topological polar surface area (TPSA) is 54.4 Å². The molecule has 0 fully saturated rings. The summed E-state index contributed by atoms with van der Waals surface area (Å²) in [6.07, 6.45) is 0. The average Bonchev–Trinajstić information content (AvgIpc) is 0.722. The van der Waals surface area contributed by atoms with Crippen molar-refractivity contribution in [3.8, 4) is 0 Å². The van der Waals surface area contributed by atoms with Gasteiger partial charge in [-0.3, -0.25) is 0 Å². The van der Waals surface area contributed by atoms with Crippen molar-refractivity contribution in [1.29, 1.82) is 0 Å². The van der Waals surface area contributed by atoms with Gasteiger partial charge < -0.3 is 0 Å². The fraction of sp³-hybridized carbons (Fsp3) is 0. The molecular formula is H2CrKO3S. The Morgan fingerprint density at radius 3 is 1.50 bits per heavy atom. The van der Waals surface area contributed by atoms with Crippen molar-refractivity contribution in [3.05, 3.63) is 0 Å². The van der Waals surface area contributed by atoms with Crippen molar-refractivity contribution >= 4 is 59.9 Å². The van der Waals surface area contributed by atoms with Crippen LogP contribution in [0, 0.1) is 0 Å². The normalized spacial score (nSPS) is 9.50. The van der Waals surface area contributed by atoms with Crippen molar-refractivity contribution in [2.45, 2.75) is 0 Å². The van der Waals surface area contributed by atoms with E-state index in [1.165, 1.54) is 15.2 Å². The Kier molecular flexibility index (Phi) is 7.32. The van der Waals surface area contributed by atoms with E-state index < -0.39 is 8.48 Å². The molecule has 0 amide bonds. The monoisotopic (exact) mass is 173 g/mol. The first-order valence-corrected chi connectivity index (χ1v) is 3.61. The van der Waals surface area contributed by atoms with Crippen LogP contribution in [0.5, 0.6) is 0 Å².